The molecule has 0 aliphatic rings. The van der Waals surface area contributed by atoms with Crippen molar-refractivity contribution in [3.8, 4) is 0 Å². The molecule has 0 radical (unpaired) electrons. The second-order valence-electron chi connectivity index (χ2n) is 6.86. The van der Waals surface area contributed by atoms with E-state index in [9.17, 15) is 4.79 Å². The number of nitrogens with zero attached hydrogens (tertiary/aromatic N) is 2. The van der Waals surface area contributed by atoms with E-state index in [2.05, 4.69) is 39.5 Å². The molecular formula is C17H30N2OS. The molecule has 0 fully saturated rings. The van der Waals surface area contributed by atoms with Crippen LogP contribution in [-0.2, 0) is 6.42 Å². The quantitative estimate of drug-likeness (QED) is 0.605. The highest BCUT2D eigenvalue weighted by Crippen LogP contribution is 2.30. The van der Waals surface area contributed by atoms with Crippen molar-refractivity contribution < 1.29 is 4.79 Å². The third-order valence-electron chi connectivity index (χ3n) is 3.35. The summed E-state index contributed by atoms with van der Waals surface area (Å²) in [5.74, 6) is 0. The van der Waals surface area contributed by atoms with Crippen LogP contribution in [0.4, 0.5) is 5.13 Å². The lowest BCUT2D eigenvalue weighted by Crippen LogP contribution is -2.25. The van der Waals surface area contributed by atoms with Crippen LogP contribution in [0, 0.1) is 5.41 Å². The van der Waals surface area contributed by atoms with Crippen LogP contribution < -0.4 is 4.90 Å². The van der Waals surface area contributed by atoms with Crippen LogP contribution in [0.2, 0.25) is 0 Å². The molecule has 0 aliphatic carbocycles. The number of thiazole rings is 1. The third-order valence-corrected chi connectivity index (χ3v) is 4.44. The van der Waals surface area contributed by atoms with Crippen LogP contribution in [0.5, 0.6) is 0 Å². The van der Waals surface area contributed by atoms with Crippen LogP contribution in [0.15, 0.2) is 0 Å². The summed E-state index contributed by atoms with van der Waals surface area (Å²) < 4.78 is 0. The fourth-order valence-corrected chi connectivity index (χ4v) is 3.16. The van der Waals surface area contributed by atoms with E-state index >= 15 is 0 Å². The van der Waals surface area contributed by atoms with Crippen molar-refractivity contribution in [1.29, 1.82) is 0 Å². The summed E-state index contributed by atoms with van der Waals surface area (Å²) in [6, 6.07) is 0. The maximum atomic E-state index is 11.3. The van der Waals surface area contributed by atoms with Gasteiger partial charge in [0.1, 0.15) is 0 Å². The fraction of sp³-hybridized carbons (Fsp3) is 0.765. The Morgan fingerprint density at radius 1 is 1.14 bits per heavy atom. The Kier molecular flexibility index (Phi) is 7.36. The molecule has 4 heteroatoms. The Balaban J connectivity index is 2.94. The number of unbranched alkanes of at least 4 members (excludes halogenated alkanes) is 2. The molecule has 1 aromatic heterocycles. The molecule has 0 saturated heterocycles. The van der Waals surface area contributed by atoms with Crippen LogP contribution >= 0.6 is 11.3 Å². The van der Waals surface area contributed by atoms with E-state index in [4.69, 9.17) is 4.98 Å². The van der Waals surface area contributed by atoms with Gasteiger partial charge in [-0.2, -0.15) is 0 Å². The Labute approximate surface area is 133 Å². The molecule has 0 N–H and O–H groups in total. The molecule has 1 rings (SSSR count). The van der Waals surface area contributed by atoms with Crippen molar-refractivity contribution in [2.24, 2.45) is 5.41 Å². The van der Waals surface area contributed by atoms with Crippen molar-refractivity contribution in [2.45, 2.75) is 66.7 Å². The molecule has 3 nitrogen and oxygen atoms in total. The van der Waals surface area contributed by atoms with Gasteiger partial charge in [0.2, 0.25) is 0 Å². The normalized spacial score (nSPS) is 11.7. The molecule has 0 aliphatic heterocycles. The number of aldehydes is 1. The predicted molar refractivity (Wildman–Crippen MR) is 92.7 cm³/mol. The number of carbonyl (C=O) groups is 1. The minimum absolute atomic E-state index is 0.154. The fourth-order valence-electron chi connectivity index (χ4n) is 2.21. The first kappa shape index (κ1) is 18.1. The van der Waals surface area contributed by atoms with Crippen molar-refractivity contribution in [1.82, 2.24) is 4.98 Å². The van der Waals surface area contributed by atoms with Gasteiger partial charge in [0.25, 0.3) is 0 Å². The Morgan fingerprint density at radius 2 is 1.71 bits per heavy atom. The average Bonchev–Trinajstić information content (AvgIpc) is 2.79. The number of hydrogen-bond donors (Lipinski definition) is 0. The van der Waals surface area contributed by atoms with Gasteiger partial charge in [-0.15, -0.1) is 0 Å². The van der Waals surface area contributed by atoms with E-state index < -0.39 is 0 Å². The lowest BCUT2D eigenvalue weighted by molar-refractivity contribution is 0.112. The summed E-state index contributed by atoms with van der Waals surface area (Å²) in [6.45, 7) is 13.1. The topological polar surface area (TPSA) is 33.2 Å². The van der Waals surface area contributed by atoms with E-state index in [1.807, 2.05) is 0 Å². The summed E-state index contributed by atoms with van der Waals surface area (Å²) in [5.41, 5.74) is 1.12. The zero-order valence-corrected chi connectivity index (χ0v) is 15.1. The van der Waals surface area contributed by atoms with E-state index in [1.165, 1.54) is 25.7 Å². The molecule has 0 amide bonds. The molecule has 0 atom stereocenters. The number of anilines is 1. The minimum atomic E-state index is 0.154. The minimum Gasteiger partial charge on any atom is -0.348 e. The average molecular weight is 311 g/mol. The number of carbonyl (C=O) groups excluding carboxylic acids is 1. The SMILES string of the molecule is CCCCN(CCCC)c1nc(CC(C)(C)C)c(C=O)s1. The van der Waals surface area contributed by atoms with Gasteiger partial charge in [-0.3, -0.25) is 4.79 Å². The lowest BCUT2D eigenvalue weighted by atomic mass is 9.90. The summed E-state index contributed by atoms with van der Waals surface area (Å²) >= 11 is 1.56. The molecule has 0 saturated carbocycles. The highest BCUT2D eigenvalue weighted by atomic mass is 32.1. The molecule has 0 spiro atoms. The van der Waals surface area contributed by atoms with Crippen molar-refractivity contribution >= 4 is 22.8 Å². The van der Waals surface area contributed by atoms with Crippen molar-refractivity contribution in [3.63, 3.8) is 0 Å². The van der Waals surface area contributed by atoms with Crippen LogP contribution in [-0.4, -0.2) is 24.4 Å². The standard InChI is InChI=1S/C17H30N2OS/c1-6-8-10-19(11-9-7-2)16-18-14(12-17(3,4)5)15(13-20)21-16/h13H,6-12H2,1-5H3. The molecular weight excluding hydrogens is 280 g/mol. The monoisotopic (exact) mass is 310 g/mol. The van der Waals surface area contributed by atoms with Crippen molar-refractivity contribution in [3.05, 3.63) is 10.6 Å². The largest absolute Gasteiger partial charge is 0.348 e. The summed E-state index contributed by atoms with van der Waals surface area (Å²) in [7, 11) is 0. The number of hydrogen-bond acceptors (Lipinski definition) is 4. The molecule has 1 aromatic rings. The first-order chi connectivity index (χ1) is 9.91. The highest BCUT2D eigenvalue weighted by Gasteiger charge is 2.20. The van der Waals surface area contributed by atoms with Gasteiger partial charge in [0, 0.05) is 13.1 Å². The van der Waals surface area contributed by atoms with E-state index in [1.54, 1.807) is 11.3 Å². The zero-order valence-electron chi connectivity index (χ0n) is 14.2. The van der Waals surface area contributed by atoms with E-state index in [-0.39, 0.29) is 5.41 Å². The second-order valence-corrected chi connectivity index (χ2v) is 7.87. The smallest absolute Gasteiger partial charge is 0.186 e. The van der Waals surface area contributed by atoms with Gasteiger partial charge in [0.05, 0.1) is 10.6 Å². The zero-order chi connectivity index (χ0) is 15.9. The van der Waals surface area contributed by atoms with Crippen LogP contribution in [0.25, 0.3) is 0 Å². The summed E-state index contributed by atoms with van der Waals surface area (Å²) in [4.78, 5) is 19.3. The Morgan fingerprint density at radius 3 is 2.14 bits per heavy atom. The number of aromatic nitrogens is 1. The highest BCUT2D eigenvalue weighted by molar-refractivity contribution is 7.17. The molecule has 120 valence electrons. The molecule has 0 aromatic carbocycles. The number of rotatable bonds is 9. The molecule has 1 heterocycles. The van der Waals surface area contributed by atoms with E-state index in [0.29, 0.717) is 0 Å². The van der Waals surface area contributed by atoms with Gasteiger partial charge < -0.3 is 4.90 Å². The third kappa shape index (κ3) is 6.16. The first-order valence-corrected chi connectivity index (χ1v) is 8.92. The summed E-state index contributed by atoms with van der Waals surface area (Å²) in [6.07, 6.45) is 6.54. The maximum absolute atomic E-state index is 11.3. The molecule has 0 bridgehead atoms. The molecule has 0 unspecified atom stereocenters. The Bertz CT molecular complexity index is 426. The van der Waals surface area contributed by atoms with Gasteiger partial charge in [0.15, 0.2) is 11.4 Å². The lowest BCUT2D eigenvalue weighted by Gasteiger charge is -2.21. The van der Waals surface area contributed by atoms with Gasteiger partial charge in [-0.25, -0.2) is 4.98 Å². The Hall–Kier alpha value is -0.900. The van der Waals surface area contributed by atoms with Gasteiger partial charge in [-0.05, 0) is 24.7 Å². The molecule has 21 heavy (non-hydrogen) atoms. The second kappa shape index (κ2) is 8.52. The van der Waals surface area contributed by atoms with Gasteiger partial charge >= 0.3 is 0 Å². The van der Waals surface area contributed by atoms with Crippen molar-refractivity contribution in [2.75, 3.05) is 18.0 Å². The van der Waals surface area contributed by atoms with Gasteiger partial charge in [-0.1, -0.05) is 58.8 Å². The first-order valence-electron chi connectivity index (χ1n) is 8.11. The van der Waals surface area contributed by atoms with Crippen LogP contribution in [0.3, 0.4) is 0 Å². The maximum Gasteiger partial charge on any atom is 0.186 e. The predicted octanol–water partition coefficient (Wildman–Crippen LogP) is 4.95. The van der Waals surface area contributed by atoms with Crippen LogP contribution in [0.1, 0.15) is 75.7 Å². The van der Waals surface area contributed by atoms with E-state index in [0.717, 1.165) is 41.5 Å². The summed E-state index contributed by atoms with van der Waals surface area (Å²) in [5, 5.41) is 1.03.